The molecule has 0 spiro atoms. The average Bonchev–Trinajstić information content (AvgIpc) is 2.47. The van der Waals surface area contributed by atoms with Crippen molar-refractivity contribution in [2.45, 2.75) is 26.2 Å². The molecule has 0 aliphatic rings. The molecule has 0 radical (unpaired) electrons. The highest BCUT2D eigenvalue weighted by molar-refractivity contribution is 6.30. The van der Waals surface area contributed by atoms with Crippen molar-refractivity contribution in [3.8, 4) is 5.75 Å². The van der Waals surface area contributed by atoms with E-state index in [2.05, 4.69) is 26.0 Å². The summed E-state index contributed by atoms with van der Waals surface area (Å²) in [6.07, 6.45) is 0.395. The van der Waals surface area contributed by atoms with E-state index in [1.807, 2.05) is 12.1 Å². The molecule has 0 amide bonds. The molecule has 0 aromatic heterocycles. The zero-order chi connectivity index (χ0) is 15.2. The van der Waals surface area contributed by atoms with Crippen LogP contribution in [0.1, 0.15) is 30.9 Å². The Kier molecular flexibility index (Phi) is 5.40. The molecule has 0 aliphatic carbocycles. The average molecular weight is 303 g/mol. The number of rotatable bonds is 6. The van der Waals surface area contributed by atoms with Crippen LogP contribution in [0.15, 0.2) is 48.5 Å². The van der Waals surface area contributed by atoms with Crippen molar-refractivity contribution in [2.75, 3.05) is 6.61 Å². The summed E-state index contributed by atoms with van der Waals surface area (Å²) in [7, 11) is 0. The molecular formula is C18H19ClO2. The summed E-state index contributed by atoms with van der Waals surface area (Å²) in [6, 6.07) is 15.2. The Bertz CT molecular complexity index is 586. The van der Waals surface area contributed by atoms with E-state index in [0.717, 1.165) is 5.56 Å². The van der Waals surface area contributed by atoms with Gasteiger partial charge in [0.1, 0.15) is 12.4 Å². The van der Waals surface area contributed by atoms with E-state index in [-0.39, 0.29) is 12.4 Å². The molecule has 2 aromatic rings. The van der Waals surface area contributed by atoms with E-state index >= 15 is 0 Å². The zero-order valence-electron chi connectivity index (χ0n) is 12.3. The van der Waals surface area contributed by atoms with Gasteiger partial charge in [0.05, 0.1) is 0 Å². The summed E-state index contributed by atoms with van der Waals surface area (Å²) in [5, 5.41) is 0.652. The van der Waals surface area contributed by atoms with Crippen LogP contribution in [0.25, 0.3) is 0 Å². The molecule has 0 atom stereocenters. The quantitative estimate of drug-likeness (QED) is 0.776. The van der Waals surface area contributed by atoms with Gasteiger partial charge in [-0.3, -0.25) is 4.79 Å². The maximum Gasteiger partial charge on any atom is 0.174 e. The number of halogens is 1. The predicted octanol–water partition coefficient (Wildman–Crippen LogP) is 4.65. The second-order valence-electron chi connectivity index (χ2n) is 5.35. The molecule has 3 heteroatoms. The van der Waals surface area contributed by atoms with Crippen LogP contribution < -0.4 is 4.74 Å². The molecule has 2 nitrogen and oxygen atoms in total. The van der Waals surface area contributed by atoms with E-state index in [0.29, 0.717) is 23.1 Å². The fraction of sp³-hybridized carbons (Fsp3) is 0.278. The monoisotopic (exact) mass is 302 g/mol. The van der Waals surface area contributed by atoms with Crippen molar-refractivity contribution < 1.29 is 9.53 Å². The van der Waals surface area contributed by atoms with E-state index in [1.54, 1.807) is 24.3 Å². The second-order valence-corrected chi connectivity index (χ2v) is 5.79. The Morgan fingerprint density at radius 1 is 1.05 bits per heavy atom. The molecule has 0 saturated heterocycles. The lowest BCUT2D eigenvalue weighted by molar-refractivity contribution is -0.120. The van der Waals surface area contributed by atoms with Crippen molar-refractivity contribution in [3.05, 3.63) is 64.7 Å². The number of carbonyl (C=O) groups is 1. The first-order chi connectivity index (χ1) is 10.0. The van der Waals surface area contributed by atoms with E-state index < -0.39 is 0 Å². The third-order valence-electron chi connectivity index (χ3n) is 3.26. The van der Waals surface area contributed by atoms with Gasteiger partial charge in [-0.15, -0.1) is 0 Å². The first-order valence-electron chi connectivity index (χ1n) is 7.03. The highest BCUT2D eigenvalue weighted by Gasteiger charge is 2.06. The van der Waals surface area contributed by atoms with Crippen LogP contribution in [-0.4, -0.2) is 12.4 Å². The van der Waals surface area contributed by atoms with Crippen molar-refractivity contribution in [1.29, 1.82) is 0 Å². The summed E-state index contributed by atoms with van der Waals surface area (Å²) in [6.45, 7) is 4.38. The maximum atomic E-state index is 11.9. The minimum atomic E-state index is 0.0576. The zero-order valence-corrected chi connectivity index (χ0v) is 13.1. The first kappa shape index (κ1) is 15.6. The van der Waals surface area contributed by atoms with E-state index in [9.17, 15) is 4.79 Å². The summed E-state index contributed by atoms with van der Waals surface area (Å²) < 4.78 is 5.45. The molecule has 0 aliphatic heterocycles. The van der Waals surface area contributed by atoms with Gasteiger partial charge in [-0.1, -0.05) is 49.7 Å². The van der Waals surface area contributed by atoms with Gasteiger partial charge in [-0.2, -0.15) is 0 Å². The molecule has 0 heterocycles. The van der Waals surface area contributed by atoms with E-state index in [4.69, 9.17) is 16.3 Å². The standard InChI is InChI=1S/C18H19ClO2/c1-13(2)15-5-3-14(4-6-15)11-17(20)12-21-18-9-7-16(19)8-10-18/h3-10,13H,11-12H2,1-2H3. The van der Waals surface area contributed by atoms with Crippen molar-refractivity contribution in [3.63, 3.8) is 0 Å². The number of hydrogen-bond donors (Lipinski definition) is 0. The number of carbonyl (C=O) groups excluding carboxylic acids is 1. The van der Waals surface area contributed by atoms with Crippen LogP contribution in [0.4, 0.5) is 0 Å². The second kappa shape index (κ2) is 7.28. The largest absolute Gasteiger partial charge is 0.486 e. The minimum Gasteiger partial charge on any atom is -0.486 e. The Morgan fingerprint density at radius 2 is 1.67 bits per heavy atom. The molecule has 0 saturated carbocycles. The highest BCUT2D eigenvalue weighted by atomic mass is 35.5. The predicted molar refractivity (Wildman–Crippen MR) is 86.2 cm³/mol. The van der Waals surface area contributed by atoms with Gasteiger partial charge in [-0.05, 0) is 41.3 Å². The van der Waals surface area contributed by atoms with Crippen LogP contribution in [0.5, 0.6) is 5.75 Å². The van der Waals surface area contributed by atoms with Gasteiger partial charge >= 0.3 is 0 Å². The first-order valence-corrected chi connectivity index (χ1v) is 7.41. The summed E-state index contributed by atoms with van der Waals surface area (Å²) >= 11 is 5.79. The van der Waals surface area contributed by atoms with Gasteiger partial charge in [-0.25, -0.2) is 0 Å². The molecule has 21 heavy (non-hydrogen) atoms. The van der Waals surface area contributed by atoms with Gasteiger partial charge < -0.3 is 4.74 Å². The fourth-order valence-corrected chi connectivity index (χ4v) is 2.12. The lowest BCUT2D eigenvalue weighted by Gasteiger charge is -2.08. The highest BCUT2D eigenvalue weighted by Crippen LogP contribution is 2.16. The molecule has 0 bridgehead atoms. The molecule has 110 valence electrons. The molecule has 2 rings (SSSR count). The summed E-state index contributed by atoms with van der Waals surface area (Å²) in [4.78, 5) is 11.9. The number of benzene rings is 2. The van der Waals surface area contributed by atoms with Crippen LogP contribution in [-0.2, 0) is 11.2 Å². The maximum absolute atomic E-state index is 11.9. The van der Waals surface area contributed by atoms with E-state index in [1.165, 1.54) is 5.56 Å². The molecule has 0 N–H and O–H groups in total. The Hall–Kier alpha value is -1.80. The van der Waals surface area contributed by atoms with Crippen molar-refractivity contribution >= 4 is 17.4 Å². The number of hydrogen-bond acceptors (Lipinski definition) is 2. The lowest BCUT2D eigenvalue weighted by Crippen LogP contribution is -2.13. The lowest BCUT2D eigenvalue weighted by atomic mass is 10.0. The van der Waals surface area contributed by atoms with Crippen molar-refractivity contribution in [1.82, 2.24) is 0 Å². The van der Waals surface area contributed by atoms with Crippen LogP contribution in [0, 0.1) is 0 Å². The van der Waals surface area contributed by atoms with Crippen LogP contribution in [0.2, 0.25) is 5.02 Å². The van der Waals surface area contributed by atoms with Crippen LogP contribution >= 0.6 is 11.6 Å². The Balaban J connectivity index is 1.85. The van der Waals surface area contributed by atoms with Gasteiger partial charge in [0, 0.05) is 11.4 Å². The topological polar surface area (TPSA) is 26.3 Å². The molecular weight excluding hydrogens is 284 g/mol. The van der Waals surface area contributed by atoms with Gasteiger partial charge in [0.15, 0.2) is 5.78 Å². The third-order valence-corrected chi connectivity index (χ3v) is 3.51. The summed E-state index contributed by atoms with van der Waals surface area (Å²) in [5.41, 5.74) is 2.30. The Morgan fingerprint density at radius 3 is 2.24 bits per heavy atom. The Labute approximate surface area is 130 Å². The molecule has 0 fully saturated rings. The normalized spacial score (nSPS) is 10.7. The SMILES string of the molecule is CC(C)c1ccc(CC(=O)COc2ccc(Cl)cc2)cc1. The van der Waals surface area contributed by atoms with Gasteiger partial charge in [0.25, 0.3) is 0 Å². The minimum absolute atomic E-state index is 0.0576. The number of ketones is 1. The summed E-state index contributed by atoms with van der Waals surface area (Å²) in [5.74, 6) is 1.22. The van der Waals surface area contributed by atoms with Crippen LogP contribution in [0.3, 0.4) is 0 Å². The smallest absolute Gasteiger partial charge is 0.174 e. The number of ether oxygens (including phenoxy) is 1. The van der Waals surface area contributed by atoms with Gasteiger partial charge in [0.2, 0.25) is 0 Å². The fourth-order valence-electron chi connectivity index (χ4n) is 1.99. The van der Waals surface area contributed by atoms with Crippen molar-refractivity contribution in [2.24, 2.45) is 0 Å². The number of Topliss-reactive ketones (excluding diaryl/α,β-unsaturated/α-hetero) is 1. The third kappa shape index (κ3) is 4.91. The molecule has 0 unspecified atom stereocenters. The molecule has 2 aromatic carbocycles.